The summed E-state index contributed by atoms with van der Waals surface area (Å²) in [5, 5.41) is 11.4. The van der Waals surface area contributed by atoms with Crippen LogP contribution in [0.4, 0.5) is 5.69 Å². The van der Waals surface area contributed by atoms with E-state index in [9.17, 15) is 9.59 Å². The highest BCUT2D eigenvalue weighted by Gasteiger charge is 2.33. The summed E-state index contributed by atoms with van der Waals surface area (Å²) < 4.78 is 12.5. The molecule has 0 aliphatic carbocycles. The number of carbonyl (C=O) groups is 2. The number of fused-ring (bicyclic) bond motifs is 1. The molecule has 38 heavy (non-hydrogen) atoms. The maximum Gasteiger partial charge on any atom is 0.249 e. The number of hydrogen-bond acceptors (Lipinski definition) is 6. The second-order valence-corrected chi connectivity index (χ2v) is 9.33. The highest BCUT2D eigenvalue weighted by atomic mass is 16.5. The van der Waals surface area contributed by atoms with Gasteiger partial charge in [-0.2, -0.15) is 0 Å². The first-order valence-corrected chi connectivity index (χ1v) is 12.6. The zero-order valence-electron chi connectivity index (χ0n) is 22.1. The number of hydrogen-bond donors (Lipinski definition) is 1. The minimum Gasteiger partial charge on any atom is -0.493 e. The molecule has 2 amide bonds. The van der Waals surface area contributed by atoms with Gasteiger partial charge in [0, 0.05) is 18.3 Å². The number of carbonyl (C=O) groups excluding carboxylic acids is 2. The number of aromatic nitrogens is 3. The Morgan fingerprint density at radius 3 is 2.37 bits per heavy atom. The van der Waals surface area contributed by atoms with Gasteiger partial charge in [0.05, 0.1) is 19.7 Å². The van der Waals surface area contributed by atoms with Crippen molar-refractivity contribution >= 4 is 28.5 Å². The van der Waals surface area contributed by atoms with E-state index in [-0.39, 0.29) is 18.4 Å². The molecule has 0 aliphatic rings. The summed E-state index contributed by atoms with van der Waals surface area (Å²) in [6.45, 7) is 4.59. The van der Waals surface area contributed by atoms with Crippen molar-refractivity contribution in [1.29, 1.82) is 0 Å². The lowest BCUT2D eigenvalue weighted by atomic mass is 10.0. The Balaban J connectivity index is 1.79. The van der Waals surface area contributed by atoms with E-state index in [2.05, 4.69) is 29.5 Å². The largest absolute Gasteiger partial charge is 0.493 e. The predicted molar refractivity (Wildman–Crippen MR) is 146 cm³/mol. The number of amides is 2. The van der Waals surface area contributed by atoms with E-state index >= 15 is 0 Å². The third-order valence-electron chi connectivity index (χ3n) is 6.26. The minimum atomic E-state index is -0.927. The van der Waals surface area contributed by atoms with Gasteiger partial charge in [0.1, 0.15) is 18.1 Å². The Hall–Kier alpha value is -4.40. The van der Waals surface area contributed by atoms with Gasteiger partial charge >= 0.3 is 0 Å². The van der Waals surface area contributed by atoms with Gasteiger partial charge in [-0.3, -0.25) is 14.5 Å². The Morgan fingerprint density at radius 2 is 1.66 bits per heavy atom. The fourth-order valence-corrected chi connectivity index (χ4v) is 4.28. The maximum atomic E-state index is 14.1. The molecule has 0 spiro atoms. The molecule has 1 N–H and O–H groups in total. The van der Waals surface area contributed by atoms with Crippen molar-refractivity contribution in [3.05, 3.63) is 78.4 Å². The van der Waals surface area contributed by atoms with Gasteiger partial charge in [-0.05, 0) is 42.2 Å². The number of anilines is 1. The van der Waals surface area contributed by atoms with Crippen LogP contribution in [0.5, 0.6) is 11.5 Å². The quantitative estimate of drug-likeness (QED) is 0.318. The zero-order valence-corrected chi connectivity index (χ0v) is 22.1. The number of rotatable bonds is 11. The first kappa shape index (κ1) is 26.7. The summed E-state index contributed by atoms with van der Waals surface area (Å²) in [4.78, 5) is 29.3. The van der Waals surface area contributed by atoms with Crippen LogP contribution in [0.25, 0.3) is 11.0 Å². The van der Waals surface area contributed by atoms with Crippen LogP contribution in [-0.4, -0.2) is 47.6 Å². The van der Waals surface area contributed by atoms with Crippen LogP contribution < -0.4 is 19.7 Å². The molecule has 0 saturated carbocycles. The number of nitrogens with one attached hydrogen (secondary N) is 1. The molecule has 4 rings (SSSR count). The molecule has 0 unspecified atom stereocenters. The molecular weight excluding hydrogens is 482 g/mol. The van der Waals surface area contributed by atoms with Crippen LogP contribution in [0.15, 0.2) is 72.8 Å². The molecule has 198 valence electrons. The molecule has 4 aromatic rings. The molecule has 9 nitrogen and oxygen atoms in total. The van der Waals surface area contributed by atoms with Crippen LogP contribution in [0.1, 0.15) is 31.9 Å². The van der Waals surface area contributed by atoms with E-state index in [4.69, 9.17) is 9.47 Å². The molecular formula is C29H33N5O4. The molecule has 0 aliphatic heterocycles. The third-order valence-corrected chi connectivity index (χ3v) is 6.26. The van der Waals surface area contributed by atoms with Gasteiger partial charge in [-0.15, -0.1) is 5.10 Å². The average Bonchev–Trinajstić information content (AvgIpc) is 3.34. The standard InChI is InChI=1S/C29H33N5O4/c1-20(2)16-17-30-29(36)28(21-10-6-5-7-11-21)34(22-14-15-25(37-3)26(18-22)38-4)27(35)19-33-24-13-9-8-12-23(24)31-32-33/h5-15,18,20,28H,16-17,19H2,1-4H3,(H,30,36)/t28-/m0/s1. The Bertz CT molecular complexity index is 1390. The first-order chi connectivity index (χ1) is 18.4. The van der Waals surface area contributed by atoms with Crippen LogP contribution in [0, 0.1) is 5.92 Å². The Morgan fingerprint density at radius 1 is 0.947 bits per heavy atom. The maximum absolute atomic E-state index is 14.1. The smallest absolute Gasteiger partial charge is 0.249 e. The third kappa shape index (κ3) is 5.94. The normalized spacial score (nSPS) is 11.8. The summed E-state index contributed by atoms with van der Waals surface area (Å²) >= 11 is 0. The van der Waals surface area contributed by atoms with Crippen molar-refractivity contribution < 1.29 is 19.1 Å². The monoisotopic (exact) mass is 515 g/mol. The lowest BCUT2D eigenvalue weighted by molar-refractivity contribution is -0.127. The molecule has 3 aromatic carbocycles. The van der Waals surface area contributed by atoms with Crippen molar-refractivity contribution in [1.82, 2.24) is 20.3 Å². The average molecular weight is 516 g/mol. The van der Waals surface area contributed by atoms with E-state index in [1.165, 1.54) is 12.0 Å². The van der Waals surface area contributed by atoms with Crippen molar-refractivity contribution in [3.63, 3.8) is 0 Å². The van der Waals surface area contributed by atoms with Gasteiger partial charge < -0.3 is 14.8 Å². The topological polar surface area (TPSA) is 98.6 Å². The number of benzene rings is 3. The molecule has 0 fully saturated rings. The highest BCUT2D eigenvalue weighted by molar-refractivity contribution is 6.01. The van der Waals surface area contributed by atoms with Gasteiger partial charge in [0.15, 0.2) is 11.5 Å². The van der Waals surface area contributed by atoms with Crippen LogP contribution in [-0.2, 0) is 16.1 Å². The number of methoxy groups -OCH3 is 2. The van der Waals surface area contributed by atoms with Crippen molar-refractivity contribution in [2.45, 2.75) is 32.9 Å². The summed E-state index contributed by atoms with van der Waals surface area (Å²) in [5.74, 6) is 0.781. The molecule has 9 heteroatoms. The van der Waals surface area contributed by atoms with Crippen molar-refractivity contribution in [2.24, 2.45) is 5.92 Å². The van der Waals surface area contributed by atoms with E-state index in [0.29, 0.717) is 40.7 Å². The summed E-state index contributed by atoms with van der Waals surface area (Å²) in [7, 11) is 3.08. The highest BCUT2D eigenvalue weighted by Crippen LogP contribution is 2.35. The minimum absolute atomic E-state index is 0.114. The van der Waals surface area contributed by atoms with Gasteiger partial charge in [0.25, 0.3) is 0 Å². The lowest BCUT2D eigenvalue weighted by Crippen LogP contribution is -2.45. The molecule has 0 saturated heterocycles. The predicted octanol–water partition coefficient (Wildman–Crippen LogP) is 4.39. The van der Waals surface area contributed by atoms with E-state index in [1.807, 2.05) is 54.6 Å². The van der Waals surface area contributed by atoms with Crippen LogP contribution >= 0.6 is 0 Å². The molecule has 1 heterocycles. The summed E-state index contributed by atoms with van der Waals surface area (Å²) in [6.07, 6.45) is 0.822. The SMILES string of the molecule is COc1ccc(N(C(=O)Cn2nnc3ccccc32)[C@H](C(=O)NCCC(C)C)c2ccccc2)cc1OC. The van der Waals surface area contributed by atoms with E-state index < -0.39 is 6.04 Å². The lowest BCUT2D eigenvalue weighted by Gasteiger charge is -2.32. The second kappa shape index (κ2) is 12.2. The fraction of sp³-hybridized carbons (Fsp3) is 0.310. The number of nitrogens with zero attached hydrogens (tertiary/aromatic N) is 4. The first-order valence-electron chi connectivity index (χ1n) is 12.6. The van der Waals surface area contributed by atoms with E-state index in [0.717, 1.165) is 11.9 Å². The van der Waals surface area contributed by atoms with Crippen LogP contribution in [0.3, 0.4) is 0 Å². The van der Waals surface area contributed by atoms with Crippen molar-refractivity contribution in [2.75, 3.05) is 25.7 Å². The van der Waals surface area contributed by atoms with Gasteiger partial charge in [-0.25, -0.2) is 4.68 Å². The van der Waals surface area contributed by atoms with E-state index in [1.54, 1.807) is 30.0 Å². The number of para-hydroxylation sites is 1. The van der Waals surface area contributed by atoms with Gasteiger partial charge in [-0.1, -0.05) is 61.5 Å². The Labute approximate surface area is 222 Å². The number of ether oxygens (including phenoxy) is 2. The zero-order chi connectivity index (χ0) is 27.1. The van der Waals surface area contributed by atoms with Gasteiger partial charge in [0.2, 0.25) is 11.8 Å². The molecule has 1 aromatic heterocycles. The summed E-state index contributed by atoms with van der Waals surface area (Å²) in [5.41, 5.74) is 2.58. The Kier molecular flexibility index (Phi) is 8.58. The fourth-order valence-electron chi connectivity index (χ4n) is 4.28. The molecule has 0 radical (unpaired) electrons. The van der Waals surface area contributed by atoms with Crippen LogP contribution in [0.2, 0.25) is 0 Å². The second-order valence-electron chi connectivity index (χ2n) is 9.33. The molecule has 0 bridgehead atoms. The van der Waals surface area contributed by atoms with Crippen molar-refractivity contribution in [3.8, 4) is 11.5 Å². The summed E-state index contributed by atoms with van der Waals surface area (Å²) in [6, 6.07) is 20.9. The molecule has 1 atom stereocenters.